The van der Waals surface area contributed by atoms with E-state index in [1.165, 1.54) is 16.9 Å². The first kappa shape index (κ1) is 16.5. The molecule has 22 heavy (non-hydrogen) atoms. The normalized spacial score (nSPS) is 10.5. The number of hydrogen-bond donors (Lipinski definition) is 2. The number of hydrogen-bond acceptors (Lipinski definition) is 5. The zero-order valence-corrected chi connectivity index (χ0v) is 13.5. The van der Waals surface area contributed by atoms with Crippen molar-refractivity contribution < 1.29 is 9.53 Å². The molecule has 6 heteroatoms. The van der Waals surface area contributed by atoms with E-state index in [-0.39, 0.29) is 5.91 Å². The number of benzene rings is 1. The van der Waals surface area contributed by atoms with Gasteiger partial charge < -0.3 is 15.8 Å². The number of methoxy groups -OCH3 is 1. The fraction of sp³-hybridized carbons (Fsp3) is 0.375. The van der Waals surface area contributed by atoms with Gasteiger partial charge in [0.2, 0.25) is 0 Å². The highest BCUT2D eigenvalue weighted by Crippen LogP contribution is 2.12. The van der Waals surface area contributed by atoms with Gasteiger partial charge in [-0.2, -0.15) is 0 Å². The van der Waals surface area contributed by atoms with Gasteiger partial charge in [-0.3, -0.25) is 4.79 Å². The second kappa shape index (κ2) is 8.51. The molecular formula is C16H21N3O2S. The Morgan fingerprint density at radius 3 is 2.77 bits per heavy atom. The van der Waals surface area contributed by atoms with Crippen molar-refractivity contribution in [1.82, 2.24) is 10.3 Å². The molecule has 0 radical (unpaired) electrons. The number of nitrogens with two attached hydrogens (primary N) is 1. The van der Waals surface area contributed by atoms with Crippen LogP contribution in [0, 0.1) is 0 Å². The van der Waals surface area contributed by atoms with E-state index in [0.717, 1.165) is 30.0 Å². The Labute approximate surface area is 134 Å². The zero-order valence-electron chi connectivity index (χ0n) is 12.7. The molecule has 1 aromatic carbocycles. The minimum Gasteiger partial charge on any atom is -0.497 e. The molecule has 1 aromatic heterocycles. The van der Waals surface area contributed by atoms with Gasteiger partial charge in [0.1, 0.15) is 11.4 Å². The molecule has 0 aliphatic carbocycles. The van der Waals surface area contributed by atoms with Gasteiger partial charge in [0.15, 0.2) is 0 Å². The largest absolute Gasteiger partial charge is 0.497 e. The summed E-state index contributed by atoms with van der Waals surface area (Å²) >= 11 is 1.48. The topological polar surface area (TPSA) is 77.2 Å². The van der Waals surface area contributed by atoms with Gasteiger partial charge in [-0.25, -0.2) is 4.98 Å². The predicted molar refractivity (Wildman–Crippen MR) is 88.5 cm³/mol. The first-order chi connectivity index (χ1) is 10.7. The van der Waals surface area contributed by atoms with Crippen molar-refractivity contribution >= 4 is 17.2 Å². The van der Waals surface area contributed by atoms with Gasteiger partial charge >= 0.3 is 0 Å². The van der Waals surface area contributed by atoms with Gasteiger partial charge in [0.25, 0.3) is 5.91 Å². The third-order valence-corrected chi connectivity index (χ3v) is 4.14. The number of rotatable bonds is 8. The summed E-state index contributed by atoms with van der Waals surface area (Å²) in [6.07, 6.45) is 2.52. The number of thiazole rings is 1. The van der Waals surface area contributed by atoms with Crippen LogP contribution in [0.1, 0.15) is 27.5 Å². The number of carbonyl (C=O) groups is 1. The average molecular weight is 319 g/mol. The summed E-state index contributed by atoms with van der Waals surface area (Å²) in [5.41, 5.74) is 7.19. The number of aryl methyl sites for hydroxylation is 1. The Bertz CT molecular complexity index is 596. The third-order valence-electron chi connectivity index (χ3n) is 3.23. The monoisotopic (exact) mass is 319 g/mol. The highest BCUT2D eigenvalue weighted by Gasteiger charge is 2.09. The maximum Gasteiger partial charge on any atom is 0.270 e. The lowest BCUT2D eigenvalue weighted by molar-refractivity contribution is 0.0949. The van der Waals surface area contributed by atoms with Crippen molar-refractivity contribution in [2.75, 3.05) is 20.2 Å². The molecule has 118 valence electrons. The molecule has 3 N–H and O–H groups in total. The Kier molecular flexibility index (Phi) is 6.36. The van der Waals surface area contributed by atoms with Crippen molar-refractivity contribution in [1.29, 1.82) is 0 Å². The molecule has 0 unspecified atom stereocenters. The molecule has 1 heterocycles. The average Bonchev–Trinajstić information content (AvgIpc) is 3.01. The summed E-state index contributed by atoms with van der Waals surface area (Å²) < 4.78 is 5.12. The standard InChI is InChI=1S/C16H21N3O2S/c1-21-13-6-4-12(5-7-13)3-2-10-18-16(20)14-11-22-15(19-14)8-9-17/h4-7,11H,2-3,8-10,17H2,1H3,(H,18,20). The second-order valence-electron chi connectivity index (χ2n) is 4.87. The van der Waals surface area contributed by atoms with Gasteiger partial charge in [-0.1, -0.05) is 12.1 Å². The third kappa shape index (κ3) is 4.82. The number of nitrogens with one attached hydrogen (secondary N) is 1. The van der Waals surface area contributed by atoms with E-state index in [2.05, 4.69) is 10.3 Å². The highest BCUT2D eigenvalue weighted by atomic mass is 32.1. The van der Waals surface area contributed by atoms with Crippen molar-refractivity contribution in [3.63, 3.8) is 0 Å². The first-order valence-corrected chi connectivity index (χ1v) is 8.16. The van der Waals surface area contributed by atoms with Gasteiger partial charge in [-0.05, 0) is 37.1 Å². The van der Waals surface area contributed by atoms with E-state index in [9.17, 15) is 4.79 Å². The molecule has 0 spiro atoms. The lowest BCUT2D eigenvalue weighted by Gasteiger charge is -2.05. The number of aromatic nitrogens is 1. The summed E-state index contributed by atoms with van der Waals surface area (Å²) in [4.78, 5) is 16.2. The molecule has 0 aliphatic rings. The molecule has 1 amide bonds. The molecule has 0 aliphatic heterocycles. The van der Waals surface area contributed by atoms with Crippen molar-refractivity contribution in [3.05, 3.63) is 45.9 Å². The maximum atomic E-state index is 11.9. The Hall–Kier alpha value is -1.92. The van der Waals surface area contributed by atoms with Crippen LogP contribution in [0.3, 0.4) is 0 Å². The minimum atomic E-state index is -0.116. The lowest BCUT2D eigenvalue weighted by Crippen LogP contribution is -2.25. The van der Waals surface area contributed by atoms with E-state index < -0.39 is 0 Å². The molecule has 0 saturated carbocycles. The van der Waals surface area contributed by atoms with Crippen LogP contribution < -0.4 is 15.8 Å². The number of ether oxygens (including phenoxy) is 1. The minimum absolute atomic E-state index is 0.116. The molecule has 5 nitrogen and oxygen atoms in total. The molecule has 0 saturated heterocycles. The predicted octanol–water partition coefficient (Wildman–Crippen LogP) is 2.02. The van der Waals surface area contributed by atoms with Crippen LogP contribution in [0.25, 0.3) is 0 Å². The van der Waals surface area contributed by atoms with Crippen LogP contribution in [0.2, 0.25) is 0 Å². The Balaban J connectivity index is 1.71. The molecule has 2 aromatic rings. The summed E-state index contributed by atoms with van der Waals surface area (Å²) in [6, 6.07) is 7.98. The second-order valence-corrected chi connectivity index (χ2v) is 5.82. The van der Waals surface area contributed by atoms with Crippen LogP contribution >= 0.6 is 11.3 Å². The van der Waals surface area contributed by atoms with Gasteiger partial charge in [0, 0.05) is 18.3 Å². The van der Waals surface area contributed by atoms with Crippen LogP contribution in [0.5, 0.6) is 5.75 Å². The summed E-state index contributed by atoms with van der Waals surface area (Å²) in [6.45, 7) is 1.19. The van der Waals surface area contributed by atoms with Crippen LogP contribution in [-0.2, 0) is 12.8 Å². The van der Waals surface area contributed by atoms with E-state index in [1.807, 2.05) is 24.3 Å². The Morgan fingerprint density at radius 1 is 1.32 bits per heavy atom. The van der Waals surface area contributed by atoms with Crippen LogP contribution in [0.15, 0.2) is 29.6 Å². The molecule has 0 bridgehead atoms. The van der Waals surface area contributed by atoms with E-state index in [4.69, 9.17) is 10.5 Å². The maximum absolute atomic E-state index is 11.9. The van der Waals surface area contributed by atoms with Gasteiger partial charge in [0.05, 0.1) is 12.1 Å². The Morgan fingerprint density at radius 2 is 2.09 bits per heavy atom. The van der Waals surface area contributed by atoms with E-state index in [1.54, 1.807) is 12.5 Å². The summed E-state index contributed by atoms with van der Waals surface area (Å²) in [5.74, 6) is 0.739. The van der Waals surface area contributed by atoms with E-state index in [0.29, 0.717) is 18.8 Å². The van der Waals surface area contributed by atoms with Crippen molar-refractivity contribution in [2.24, 2.45) is 5.73 Å². The summed E-state index contributed by atoms with van der Waals surface area (Å²) in [7, 11) is 1.65. The fourth-order valence-electron chi connectivity index (χ4n) is 2.03. The van der Waals surface area contributed by atoms with E-state index >= 15 is 0 Å². The molecule has 0 fully saturated rings. The number of amides is 1. The molecule has 2 rings (SSSR count). The highest BCUT2D eigenvalue weighted by molar-refractivity contribution is 7.09. The van der Waals surface area contributed by atoms with Crippen LogP contribution in [0.4, 0.5) is 0 Å². The lowest BCUT2D eigenvalue weighted by atomic mass is 10.1. The SMILES string of the molecule is COc1ccc(CCCNC(=O)c2csc(CCN)n2)cc1. The molecule has 0 atom stereocenters. The quantitative estimate of drug-likeness (QED) is 0.730. The number of nitrogens with zero attached hydrogens (tertiary/aromatic N) is 1. The van der Waals surface area contributed by atoms with Crippen LogP contribution in [-0.4, -0.2) is 31.1 Å². The van der Waals surface area contributed by atoms with Crippen molar-refractivity contribution in [2.45, 2.75) is 19.3 Å². The zero-order chi connectivity index (χ0) is 15.8. The first-order valence-electron chi connectivity index (χ1n) is 7.28. The summed E-state index contributed by atoms with van der Waals surface area (Å²) in [5, 5.41) is 5.59. The smallest absolute Gasteiger partial charge is 0.270 e. The van der Waals surface area contributed by atoms with Crippen molar-refractivity contribution in [3.8, 4) is 5.75 Å². The van der Waals surface area contributed by atoms with Gasteiger partial charge in [-0.15, -0.1) is 11.3 Å². The fourth-order valence-corrected chi connectivity index (χ4v) is 2.82. The molecular weight excluding hydrogens is 298 g/mol. The number of carbonyl (C=O) groups excluding carboxylic acids is 1.